The van der Waals surface area contributed by atoms with Crippen molar-refractivity contribution in [3.05, 3.63) is 91.0 Å². The minimum Gasteiger partial charge on any atom is -0.0985 e. The van der Waals surface area contributed by atoms with Crippen molar-refractivity contribution in [3.8, 4) is 11.1 Å². The molecule has 104 valence electrons. The highest BCUT2D eigenvalue weighted by Crippen LogP contribution is 2.36. The molecule has 0 aliphatic carbocycles. The standard InChI is InChI=1S/C22H16/c1-2-16-8-7-11-19(14-16)22-20-12-5-3-9-17(20)15-18-10-4-6-13-21(18)22/h2-15H,1H2. The molecule has 0 radical (unpaired) electrons. The molecule has 22 heavy (non-hydrogen) atoms. The topological polar surface area (TPSA) is 0 Å². The van der Waals surface area contributed by atoms with E-state index in [1.807, 2.05) is 6.08 Å². The molecular weight excluding hydrogens is 264 g/mol. The van der Waals surface area contributed by atoms with Crippen LogP contribution in [0.15, 0.2) is 85.4 Å². The van der Waals surface area contributed by atoms with Crippen LogP contribution in [-0.4, -0.2) is 0 Å². The molecule has 0 spiro atoms. The maximum absolute atomic E-state index is 3.89. The van der Waals surface area contributed by atoms with Crippen LogP contribution in [0.5, 0.6) is 0 Å². The van der Waals surface area contributed by atoms with E-state index in [2.05, 4.69) is 85.4 Å². The van der Waals surface area contributed by atoms with E-state index in [4.69, 9.17) is 0 Å². The van der Waals surface area contributed by atoms with Gasteiger partial charge in [0.2, 0.25) is 0 Å². The maximum atomic E-state index is 3.89. The Morgan fingerprint density at radius 3 is 1.91 bits per heavy atom. The highest BCUT2D eigenvalue weighted by molar-refractivity contribution is 6.12. The largest absolute Gasteiger partial charge is 0.0985 e. The van der Waals surface area contributed by atoms with Gasteiger partial charge >= 0.3 is 0 Å². The van der Waals surface area contributed by atoms with Crippen LogP contribution in [-0.2, 0) is 0 Å². The maximum Gasteiger partial charge on any atom is -0.00266 e. The molecule has 0 N–H and O–H groups in total. The van der Waals surface area contributed by atoms with E-state index >= 15 is 0 Å². The third-order valence-corrected chi connectivity index (χ3v) is 4.18. The van der Waals surface area contributed by atoms with Gasteiger partial charge in [-0.25, -0.2) is 0 Å². The highest BCUT2D eigenvalue weighted by atomic mass is 14.1. The van der Waals surface area contributed by atoms with Crippen LogP contribution < -0.4 is 0 Å². The van der Waals surface area contributed by atoms with Crippen LogP contribution >= 0.6 is 0 Å². The summed E-state index contributed by atoms with van der Waals surface area (Å²) in [6, 6.07) is 28.0. The van der Waals surface area contributed by atoms with E-state index in [0.29, 0.717) is 0 Å². The van der Waals surface area contributed by atoms with Gasteiger partial charge in [0.1, 0.15) is 0 Å². The molecule has 0 aromatic heterocycles. The molecule has 4 aromatic carbocycles. The smallest absolute Gasteiger partial charge is 0.00266 e. The lowest BCUT2D eigenvalue weighted by Gasteiger charge is -2.12. The van der Waals surface area contributed by atoms with E-state index in [9.17, 15) is 0 Å². The third-order valence-electron chi connectivity index (χ3n) is 4.18. The molecular formula is C22H16. The number of fused-ring (bicyclic) bond motifs is 2. The molecule has 0 heterocycles. The Labute approximate surface area is 130 Å². The van der Waals surface area contributed by atoms with Crippen molar-refractivity contribution >= 4 is 27.6 Å². The number of hydrogen-bond acceptors (Lipinski definition) is 0. The molecule has 0 bridgehead atoms. The number of rotatable bonds is 2. The van der Waals surface area contributed by atoms with Crippen molar-refractivity contribution in [1.29, 1.82) is 0 Å². The predicted octanol–water partition coefficient (Wildman–Crippen LogP) is 6.30. The van der Waals surface area contributed by atoms with E-state index in [1.165, 1.54) is 32.7 Å². The van der Waals surface area contributed by atoms with Gasteiger partial charge in [-0.1, -0.05) is 79.4 Å². The lowest BCUT2D eigenvalue weighted by Crippen LogP contribution is -1.86. The molecule has 0 heteroatoms. The molecule has 0 aliphatic rings. The Morgan fingerprint density at radius 1 is 0.636 bits per heavy atom. The van der Waals surface area contributed by atoms with Gasteiger partial charge in [0.05, 0.1) is 0 Å². The summed E-state index contributed by atoms with van der Waals surface area (Å²) in [6.45, 7) is 3.89. The molecule has 4 aromatic rings. The fraction of sp³-hybridized carbons (Fsp3) is 0. The second kappa shape index (κ2) is 5.16. The fourth-order valence-electron chi connectivity index (χ4n) is 3.15. The summed E-state index contributed by atoms with van der Waals surface area (Å²) in [5.41, 5.74) is 3.69. The van der Waals surface area contributed by atoms with Gasteiger partial charge in [0, 0.05) is 0 Å². The van der Waals surface area contributed by atoms with Crippen LogP contribution in [0.4, 0.5) is 0 Å². The Bertz CT molecular complexity index is 939. The second-order valence-electron chi connectivity index (χ2n) is 5.52. The molecule has 0 saturated heterocycles. The van der Waals surface area contributed by atoms with E-state index in [0.717, 1.165) is 5.56 Å². The van der Waals surface area contributed by atoms with Crippen molar-refractivity contribution in [2.24, 2.45) is 0 Å². The predicted molar refractivity (Wildman–Crippen MR) is 97.0 cm³/mol. The summed E-state index contributed by atoms with van der Waals surface area (Å²) in [6.07, 6.45) is 1.90. The Balaban J connectivity index is 2.18. The highest BCUT2D eigenvalue weighted by Gasteiger charge is 2.09. The molecule has 0 aliphatic heterocycles. The summed E-state index contributed by atoms with van der Waals surface area (Å²) in [7, 11) is 0. The SMILES string of the molecule is C=Cc1cccc(-c2c3ccccc3cc3ccccc23)c1. The van der Waals surface area contributed by atoms with Crippen molar-refractivity contribution < 1.29 is 0 Å². The van der Waals surface area contributed by atoms with Crippen molar-refractivity contribution in [1.82, 2.24) is 0 Å². The first-order valence-corrected chi connectivity index (χ1v) is 7.50. The van der Waals surface area contributed by atoms with Crippen molar-refractivity contribution in [3.63, 3.8) is 0 Å². The molecule has 0 amide bonds. The summed E-state index contributed by atoms with van der Waals surface area (Å²) in [5, 5.41) is 5.14. The summed E-state index contributed by atoms with van der Waals surface area (Å²) in [5.74, 6) is 0. The minimum atomic E-state index is 1.15. The minimum absolute atomic E-state index is 1.15. The second-order valence-corrected chi connectivity index (χ2v) is 5.52. The fourth-order valence-corrected chi connectivity index (χ4v) is 3.15. The lowest BCUT2D eigenvalue weighted by atomic mass is 9.91. The van der Waals surface area contributed by atoms with Crippen LogP contribution in [0.2, 0.25) is 0 Å². The summed E-state index contributed by atoms with van der Waals surface area (Å²) in [4.78, 5) is 0. The molecule has 0 atom stereocenters. The van der Waals surface area contributed by atoms with Gasteiger partial charge in [0.15, 0.2) is 0 Å². The van der Waals surface area contributed by atoms with Gasteiger partial charge in [-0.3, -0.25) is 0 Å². The van der Waals surface area contributed by atoms with Gasteiger partial charge in [-0.2, -0.15) is 0 Å². The van der Waals surface area contributed by atoms with Crippen LogP contribution in [0, 0.1) is 0 Å². The molecule has 4 rings (SSSR count). The van der Waals surface area contributed by atoms with Gasteiger partial charge in [-0.05, 0) is 50.4 Å². The Kier molecular flexibility index (Phi) is 3.01. The van der Waals surface area contributed by atoms with Crippen LogP contribution in [0.3, 0.4) is 0 Å². The Morgan fingerprint density at radius 2 is 1.27 bits per heavy atom. The quantitative estimate of drug-likeness (QED) is 0.378. The third kappa shape index (κ3) is 2.01. The summed E-state index contributed by atoms with van der Waals surface area (Å²) >= 11 is 0. The Hall–Kier alpha value is -2.86. The van der Waals surface area contributed by atoms with Crippen molar-refractivity contribution in [2.45, 2.75) is 0 Å². The molecule has 0 saturated carbocycles. The first-order valence-electron chi connectivity index (χ1n) is 7.50. The number of hydrogen-bond donors (Lipinski definition) is 0. The normalized spacial score (nSPS) is 10.9. The first kappa shape index (κ1) is 12.8. The van der Waals surface area contributed by atoms with Crippen molar-refractivity contribution in [2.75, 3.05) is 0 Å². The number of benzene rings is 4. The zero-order valence-electron chi connectivity index (χ0n) is 12.3. The van der Waals surface area contributed by atoms with Crippen LogP contribution in [0.1, 0.15) is 5.56 Å². The average Bonchev–Trinajstić information content (AvgIpc) is 2.59. The zero-order valence-corrected chi connectivity index (χ0v) is 12.3. The molecule has 0 fully saturated rings. The van der Waals surface area contributed by atoms with E-state index < -0.39 is 0 Å². The summed E-state index contributed by atoms with van der Waals surface area (Å²) < 4.78 is 0. The monoisotopic (exact) mass is 280 g/mol. The first-order chi connectivity index (χ1) is 10.9. The van der Waals surface area contributed by atoms with E-state index in [1.54, 1.807) is 0 Å². The van der Waals surface area contributed by atoms with Gasteiger partial charge in [0.25, 0.3) is 0 Å². The lowest BCUT2D eigenvalue weighted by molar-refractivity contribution is 1.64. The average molecular weight is 280 g/mol. The van der Waals surface area contributed by atoms with Crippen LogP contribution in [0.25, 0.3) is 38.7 Å². The molecule has 0 nitrogen and oxygen atoms in total. The molecule has 0 unspecified atom stereocenters. The van der Waals surface area contributed by atoms with Gasteiger partial charge in [-0.15, -0.1) is 0 Å². The van der Waals surface area contributed by atoms with Gasteiger partial charge < -0.3 is 0 Å². The zero-order chi connectivity index (χ0) is 14.9. The van der Waals surface area contributed by atoms with E-state index in [-0.39, 0.29) is 0 Å².